The fourth-order valence-corrected chi connectivity index (χ4v) is 2.22. The standard InChI is InChI=1S/C8H6ClIN2/c1-4-2-3-5-6(7(4)9)8(10)12-11-5/h2-3H,1H3,(H,11,12). The van der Waals surface area contributed by atoms with E-state index in [-0.39, 0.29) is 0 Å². The Hall–Kier alpha value is -0.290. The van der Waals surface area contributed by atoms with Crippen LogP contribution in [0.1, 0.15) is 5.56 Å². The summed E-state index contributed by atoms with van der Waals surface area (Å²) >= 11 is 8.30. The first-order valence-corrected chi connectivity index (χ1v) is 4.94. The van der Waals surface area contributed by atoms with Crippen LogP contribution >= 0.6 is 34.2 Å². The van der Waals surface area contributed by atoms with Crippen molar-refractivity contribution in [3.05, 3.63) is 26.4 Å². The minimum atomic E-state index is 0.797. The molecule has 0 fully saturated rings. The normalized spacial score (nSPS) is 10.9. The number of rotatable bonds is 0. The molecule has 0 radical (unpaired) electrons. The first-order valence-electron chi connectivity index (χ1n) is 3.49. The maximum absolute atomic E-state index is 6.11. The van der Waals surface area contributed by atoms with E-state index < -0.39 is 0 Å². The van der Waals surface area contributed by atoms with Crippen molar-refractivity contribution in [1.82, 2.24) is 10.2 Å². The summed E-state index contributed by atoms with van der Waals surface area (Å²) in [7, 11) is 0. The summed E-state index contributed by atoms with van der Waals surface area (Å²) in [5, 5.41) is 8.82. The zero-order chi connectivity index (χ0) is 8.72. The second kappa shape index (κ2) is 2.88. The Bertz CT molecular complexity index is 436. The Balaban J connectivity index is 2.96. The van der Waals surface area contributed by atoms with E-state index in [1.807, 2.05) is 19.1 Å². The van der Waals surface area contributed by atoms with Crippen LogP contribution in [0.25, 0.3) is 10.9 Å². The zero-order valence-electron chi connectivity index (χ0n) is 6.36. The van der Waals surface area contributed by atoms with Crippen LogP contribution in [0.3, 0.4) is 0 Å². The molecule has 2 rings (SSSR count). The molecule has 0 unspecified atom stereocenters. The first kappa shape index (κ1) is 8.31. The molecule has 62 valence electrons. The maximum atomic E-state index is 6.11. The SMILES string of the molecule is Cc1ccc2n[nH]c(I)c2c1Cl. The van der Waals surface area contributed by atoms with E-state index in [0.29, 0.717) is 0 Å². The maximum Gasteiger partial charge on any atom is 0.105 e. The molecule has 1 aromatic carbocycles. The minimum absolute atomic E-state index is 0.797. The number of halogens is 2. The molecular weight excluding hydrogens is 286 g/mol. The van der Waals surface area contributed by atoms with E-state index in [1.165, 1.54) is 0 Å². The summed E-state index contributed by atoms with van der Waals surface area (Å²) in [5.41, 5.74) is 2.01. The molecule has 1 aromatic heterocycles. The van der Waals surface area contributed by atoms with E-state index in [1.54, 1.807) is 0 Å². The third-order valence-corrected chi connectivity index (χ3v) is 3.07. The Morgan fingerprint density at radius 1 is 1.50 bits per heavy atom. The van der Waals surface area contributed by atoms with Gasteiger partial charge < -0.3 is 0 Å². The topological polar surface area (TPSA) is 28.7 Å². The van der Waals surface area contributed by atoms with E-state index in [9.17, 15) is 0 Å². The molecule has 0 saturated carbocycles. The van der Waals surface area contributed by atoms with Gasteiger partial charge in [-0.15, -0.1) is 0 Å². The molecule has 0 spiro atoms. The predicted molar refractivity (Wildman–Crippen MR) is 58.6 cm³/mol. The molecule has 0 aliphatic carbocycles. The van der Waals surface area contributed by atoms with Gasteiger partial charge in [0.15, 0.2) is 0 Å². The van der Waals surface area contributed by atoms with E-state index in [4.69, 9.17) is 11.6 Å². The smallest absolute Gasteiger partial charge is 0.105 e. The summed E-state index contributed by atoms with van der Waals surface area (Å²) in [5.74, 6) is 0. The van der Waals surface area contributed by atoms with Crippen molar-refractivity contribution in [2.75, 3.05) is 0 Å². The van der Waals surface area contributed by atoms with Gasteiger partial charge in [0.05, 0.1) is 15.9 Å². The molecule has 4 heteroatoms. The Morgan fingerprint density at radius 2 is 2.25 bits per heavy atom. The Labute approximate surface area is 88.4 Å². The fourth-order valence-electron chi connectivity index (χ4n) is 1.14. The van der Waals surface area contributed by atoms with Crippen LogP contribution in [0, 0.1) is 10.6 Å². The van der Waals surface area contributed by atoms with Gasteiger partial charge in [0.2, 0.25) is 0 Å². The number of hydrogen-bond donors (Lipinski definition) is 1. The monoisotopic (exact) mass is 292 g/mol. The van der Waals surface area contributed by atoms with Gasteiger partial charge in [-0.25, -0.2) is 0 Å². The number of aryl methyl sites for hydroxylation is 1. The average molecular weight is 293 g/mol. The second-order valence-electron chi connectivity index (χ2n) is 2.63. The highest BCUT2D eigenvalue weighted by molar-refractivity contribution is 14.1. The van der Waals surface area contributed by atoms with Crippen LogP contribution < -0.4 is 0 Å². The van der Waals surface area contributed by atoms with Gasteiger partial charge in [0.25, 0.3) is 0 Å². The van der Waals surface area contributed by atoms with Gasteiger partial charge in [-0.1, -0.05) is 17.7 Å². The lowest BCUT2D eigenvalue weighted by Gasteiger charge is -1.97. The predicted octanol–water partition coefficient (Wildman–Crippen LogP) is 3.13. The number of H-pyrrole nitrogens is 1. The van der Waals surface area contributed by atoms with Crippen molar-refractivity contribution < 1.29 is 0 Å². The molecule has 0 amide bonds. The quantitative estimate of drug-likeness (QED) is 0.743. The van der Waals surface area contributed by atoms with Crippen LogP contribution in [0.15, 0.2) is 12.1 Å². The number of aromatic amines is 1. The van der Waals surface area contributed by atoms with Crippen molar-refractivity contribution in [1.29, 1.82) is 0 Å². The van der Waals surface area contributed by atoms with Gasteiger partial charge in [0, 0.05) is 0 Å². The lowest BCUT2D eigenvalue weighted by atomic mass is 10.2. The van der Waals surface area contributed by atoms with Gasteiger partial charge in [-0.3, -0.25) is 5.10 Å². The molecule has 12 heavy (non-hydrogen) atoms. The Morgan fingerprint density at radius 3 is 3.00 bits per heavy atom. The van der Waals surface area contributed by atoms with Crippen LogP contribution in [0.4, 0.5) is 0 Å². The average Bonchev–Trinajstić information content (AvgIpc) is 2.41. The summed E-state index contributed by atoms with van der Waals surface area (Å²) < 4.78 is 0.997. The molecule has 0 bridgehead atoms. The highest BCUT2D eigenvalue weighted by Gasteiger charge is 2.07. The van der Waals surface area contributed by atoms with Crippen LogP contribution in [-0.2, 0) is 0 Å². The molecule has 1 heterocycles. The number of hydrogen-bond acceptors (Lipinski definition) is 1. The van der Waals surface area contributed by atoms with E-state index in [2.05, 4.69) is 32.8 Å². The number of fused-ring (bicyclic) bond motifs is 1. The number of aromatic nitrogens is 2. The molecule has 0 aliphatic heterocycles. The van der Waals surface area contributed by atoms with Crippen molar-refractivity contribution >= 4 is 45.1 Å². The van der Waals surface area contributed by atoms with Crippen LogP contribution in [0.2, 0.25) is 5.02 Å². The summed E-state index contributed by atoms with van der Waals surface area (Å²) in [4.78, 5) is 0. The second-order valence-corrected chi connectivity index (χ2v) is 4.08. The third kappa shape index (κ3) is 1.11. The van der Waals surface area contributed by atoms with Gasteiger partial charge in [-0.05, 0) is 41.1 Å². The molecule has 2 aromatic rings. The van der Waals surface area contributed by atoms with Crippen molar-refractivity contribution in [3.8, 4) is 0 Å². The highest BCUT2D eigenvalue weighted by atomic mass is 127. The fraction of sp³-hybridized carbons (Fsp3) is 0.125. The zero-order valence-corrected chi connectivity index (χ0v) is 9.27. The van der Waals surface area contributed by atoms with E-state index in [0.717, 1.165) is 25.2 Å². The van der Waals surface area contributed by atoms with Crippen molar-refractivity contribution in [3.63, 3.8) is 0 Å². The molecule has 2 nitrogen and oxygen atoms in total. The molecule has 0 aliphatic rings. The van der Waals surface area contributed by atoms with Gasteiger partial charge >= 0.3 is 0 Å². The summed E-state index contributed by atoms with van der Waals surface area (Å²) in [6, 6.07) is 3.94. The van der Waals surface area contributed by atoms with Crippen LogP contribution in [0.5, 0.6) is 0 Å². The van der Waals surface area contributed by atoms with Crippen molar-refractivity contribution in [2.24, 2.45) is 0 Å². The lowest BCUT2D eigenvalue weighted by molar-refractivity contribution is 1.09. The van der Waals surface area contributed by atoms with E-state index >= 15 is 0 Å². The molecule has 1 N–H and O–H groups in total. The summed E-state index contributed by atoms with van der Waals surface area (Å²) in [6.07, 6.45) is 0. The third-order valence-electron chi connectivity index (χ3n) is 1.81. The van der Waals surface area contributed by atoms with Gasteiger partial charge in [0.1, 0.15) is 3.70 Å². The minimum Gasteiger partial charge on any atom is -0.271 e. The lowest BCUT2D eigenvalue weighted by Crippen LogP contribution is -1.77. The first-order chi connectivity index (χ1) is 5.70. The summed E-state index contributed by atoms with van der Waals surface area (Å²) in [6.45, 7) is 1.99. The molecule has 0 saturated heterocycles. The Kier molecular flexibility index (Phi) is 2.00. The largest absolute Gasteiger partial charge is 0.271 e. The molecular formula is C8H6ClIN2. The molecule has 0 atom stereocenters. The number of benzene rings is 1. The number of nitrogens with zero attached hydrogens (tertiary/aromatic N) is 1. The van der Waals surface area contributed by atoms with Gasteiger partial charge in [-0.2, -0.15) is 5.10 Å². The van der Waals surface area contributed by atoms with Crippen LogP contribution in [-0.4, -0.2) is 10.2 Å². The number of nitrogens with one attached hydrogen (secondary N) is 1. The highest BCUT2D eigenvalue weighted by Crippen LogP contribution is 2.28. The van der Waals surface area contributed by atoms with Crippen molar-refractivity contribution in [2.45, 2.75) is 6.92 Å².